The van der Waals surface area contributed by atoms with E-state index in [2.05, 4.69) is 5.32 Å². The molecule has 1 amide bonds. The number of carbonyl (C=O) groups excluding carboxylic acids is 8. The highest BCUT2D eigenvalue weighted by Gasteiger charge is 2.58. The molecule has 2 N–H and O–H groups in total. The van der Waals surface area contributed by atoms with Gasteiger partial charge in [0, 0.05) is 60.8 Å². The molecule has 2 saturated heterocycles. The molecule has 2 heterocycles. The summed E-state index contributed by atoms with van der Waals surface area (Å²) >= 11 is 0. The Bertz CT molecular complexity index is 2480. The Labute approximate surface area is 417 Å². The van der Waals surface area contributed by atoms with Crippen LogP contribution < -0.4 is 10.1 Å². The van der Waals surface area contributed by atoms with Crippen LogP contribution in [0.25, 0.3) is 11.1 Å². The molecule has 2 aliphatic heterocycles. The Morgan fingerprint density at radius 1 is 0.507 bits per heavy atom. The van der Waals surface area contributed by atoms with Gasteiger partial charge in [-0.15, -0.1) is 0 Å². The van der Waals surface area contributed by atoms with Crippen molar-refractivity contribution in [1.29, 1.82) is 0 Å². The summed E-state index contributed by atoms with van der Waals surface area (Å²) in [5.74, 6) is -7.83. The Balaban J connectivity index is 1.23. The summed E-state index contributed by atoms with van der Waals surface area (Å²) in [7, 11) is 0. The topological polar surface area (TPSA) is 297 Å². The molecule has 1 aliphatic carbocycles. The standard InChI is InChI=1S/C50H55NO22/c1-24(52)62-22-39-41(65-26(3)54)43(66-27(4)55)46(69-30(7)58)49(72-39)73-42-40(23-63-25(2)53)71-48(45(68-29(6)57)44(42)67-28(5)56)70-32-18-16-31(17-19-32)20-38(47(59)60)51-50(61)64-21-37-35-14-10-8-12-33(35)34-13-9-11-15-36(34)37/h8-19,37-46,48-49H,20-23H2,1-7H3,(H,51,61)(H,59,60)/t38-,39+,40+,41+,42+,43-,44-,45+,46+,48+,49-/m0/s1. The summed E-state index contributed by atoms with van der Waals surface area (Å²) in [5.41, 5.74) is 4.41. The van der Waals surface area contributed by atoms with E-state index in [4.69, 9.17) is 56.8 Å². The number of alkyl carbamates (subject to hydrolysis) is 1. The number of amides is 1. The van der Waals surface area contributed by atoms with Gasteiger partial charge in [0.2, 0.25) is 12.4 Å². The molecule has 6 rings (SSSR count). The molecule has 392 valence electrons. The van der Waals surface area contributed by atoms with Gasteiger partial charge in [0.25, 0.3) is 0 Å². The number of aliphatic carboxylic acids is 1. The Morgan fingerprint density at radius 3 is 1.44 bits per heavy atom. The van der Waals surface area contributed by atoms with Gasteiger partial charge in [0.05, 0.1) is 0 Å². The summed E-state index contributed by atoms with van der Waals surface area (Å²) in [5, 5.41) is 12.5. The van der Waals surface area contributed by atoms with E-state index in [9.17, 15) is 48.3 Å². The molecule has 23 nitrogen and oxygen atoms in total. The molecule has 0 spiro atoms. The SMILES string of the molecule is CC(=O)OC[C@H]1O[C@@H](O[C@H]2[C@H](OC(C)=O)[C@@H](OC(C)=O)[C@H](Oc3ccc(C[C@H](NC(=O)OCC4c5ccccc5-c5ccccc54)C(=O)O)cc3)O[C@@H]2COC(C)=O)[C@H](OC(C)=O)[C@@H](OC(C)=O)[C@@H]1OC(C)=O. The van der Waals surface area contributed by atoms with E-state index in [1.165, 1.54) is 24.3 Å². The van der Waals surface area contributed by atoms with Crippen molar-refractivity contribution in [2.75, 3.05) is 19.8 Å². The molecule has 73 heavy (non-hydrogen) atoms. The second kappa shape index (κ2) is 24.7. The minimum atomic E-state index is -1.89. The molecule has 3 aliphatic rings. The van der Waals surface area contributed by atoms with E-state index in [1.807, 2.05) is 48.5 Å². The highest BCUT2D eigenvalue weighted by atomic mass is 16.8. The van der Waals surface area contributed by atoms with E-state index in [0.29, 0.717) is 5.56 Å². The summed E-state index contributed by atoms with van der Waals surface area (Å²) in [6.07, 6.45) is -17.9. The van der Waals surface area contributed by atoms with Crippen molar-refractivity contribution in [2.45, 2.75) is 128 Å². The second-order valence-corrected chi connectivity index (χ2v) is 17.0. The van der Waals surface area contributed by atoms with Crippen molar-refractivity contribution in [3.8, 4) is 16.9 Å². The van der Waals surface area contributed by atoms with Gasteiger partial charge in [-0.25, -0.2) is 9.59 Å². The first-order valence-electron chi connectivity index (χ1n) is 22.9. The molecular weight excluding hydrogens is 967 g/mol. The Hall–Kier alpha value is -7.63. The zero-order valence-corrected chi connectivity index (χ0v) is 40.7. The number of benzene rings is 3. The van der Waals surface area contributed by atoms with Crippen LogP contribution in [0.2, 0.25) is 0 Å². The number of hydrogen-bond donors (Lipinski definition) is 2. The largest absolute Gasteiger partial charge is 0.480 e. The van der Waals surface area contributed by atoms with E-state index >= 15 is 0 Å². The van der Waals surface area contributed by atoms with Crippen molar-refractivity contribution in [2.24, 2.45) is 0 Å². The van der Waals surface area contributed by atoms with Crippen LogP contribution in [0.15, 0.2) is 72.8 Å². The summed E-state index contributed by atoms with van der Waals surface area (Å²) in [4.78, 5) is 113. The molecule has 0 bridgehead atoms. The normalized spacial score (nSPS) is 24.4. The lowest BCUT2D eigenvalue weighted by Gasteiger charge is -2.48. The maximum atomic E-state index is 13.1. The lowest BCUT2D eigenvalue weighted by molar-refractivity contribution is -0.354. The molecule has 2 fully saturated rings. The predicted molar refractivity (Wildman–Crippen MR) is 244 cm³/mol. The molecule has 3 aromatic carbocycles. The van der Waals surface area contributed by atoms with E-state index in [-0.39, 0.29) is 24.7 Å². The predicted octanol–water partition coefficient (Wildman–Crippen LogP) is 3.22. The maximum Gasteiger partial charge on any atom is 0.407 e. The number of carboxylic acid groups (broad SMARTS) is 1. The van der Waals surface area contributed by atoms with Gasteiger partial charge in [-0.05, 0) is 39.9 Å². The van der Waals surface area contributed by atoms with Gasteiger partial charge in [-0.1, -0.05) is 60.7 Å². The number of carboxylic acids is 1. The van der Waals surface area contributed by atoms with Gasteiger partial charge in [-0.3, -0.25) is 33.6 Å². The van der Waals surface area contributed by atoms with Gasteiger partial charge in [0.15, 0.2) is 30.7 Å². The number of fused-ring (bicyclic) bond motifs is 3. The maximum absolute atomic E-state index is 13.1. The number of carbonyl (C=O) groups is 9. The summed E-state index contributed by atoms with van der Waals surface area (Å²) < 4.78 is 68.8. The first-order chi connectivity index (χ1) is 34.7. The second-order valence-electron chi connectivity index (χ2n) is 17.0. The zero-order chi connectivity index (χ0) is 53.1. The van der Waals surface area contributed by atoms with Crippen LogP contribution in [0.4, 0.5) is 4.79 Å². The molecule has 3 aromatic rings. The molecule has 0 unspecified atom stereocenters. The molecule has 0 radical (unpaired) electrons. The quantitative estimate of drug-likeness (QED) is 0.129. The number of esters is 7. The monoisotopic (exact) mass is 1020 g/mol. The number of rotatable bonds is 19. The molecular formula is C50H55NO22. The van der Waals surface area contributed by atoms with Gasteiger partial charge in [0.1, 0.15) is 49.9 Å². The zero-order valence-electron chi connectivity index (χ0n) is 40.7. The Morgan fingerprint density at radius 2 is 0.945 bits per heavy atom. The van der Waals surface area contributed by atoms with E-state index < -0.39 is 135 Å². The number of hydrogen-bond acceptors (Lipinski definition) is 21. The fourth-order valence-electron chi connectivity index (χ4n) is 8.62. The minimum Gasteiger partial charge on any atom is -0.480 e. The molecule has 11 atom stereocenters. The van der Waals surface area contributed by atoms with Crippen molar-refractivity contribution < 1.29 is 105 Å². The summed E-state index contributed by atoms with van der Waals surface area (Å²) in [6, 6.07) is 19.9. The van der Waals surface area contributed by atoms with Gasteiger partial charge >= 0.3 is 53.8 Å². The third kappa shape index (κ3) is 14.5. The average Bonchev–Trinajstić information content (AvgIpc) is 3.63. The van der Waals surface area contributed by atoms with Crippen LogP contribution in [0, 0.1) is 0 Å². The Kier molecular flexibility index (Phi) is 18.5. The minimum absolute atomic E-state index is 0.0361. The van der Waals surface area contributed by atoms with Crippen molar-refractivity contribution in [3.05, 3.63) is 89.5 Å². The highest BCUT2D eigenvalue weighted by molar-refractivity contribution is 5.81. The third-order valence-electron chi connectivity index (χ3n) is 11.4. The smallest absolute Gasteiger partial charge is 0.407 e. The molecule has 0 aromatic heterocycles. The van der Waals surface area contributed by atoms with Crippen LogP contribution in [0.5, 0.6) is 5.75 Å². The van der Waals surface area contributed by atoms with Crippen LogP contribution in [0.3, 0.4) is 0 Å². The number of nitrogens with one attached hydrogen (secondary N) is 1. The van der Waals surface area contributed by atoms with E-state index in [0.717, 1.165) is 70.7 Å². The fraction of sp³-hybridized carbons (Fsp3) is 0.460. The van der Waals surface area contributed by atoms with Crippen molar-refractivity contribution in [1.82, 2.24) is 5.32 Å². The average molecular weight is 1020 g/mol. The van der Waals surface area contributed by atoms with Crippen LogP contribution in [-0.4, -0.2) is 146 Å². The fourth-order valence-corrected chi connectivity index (χ4v) is 8.62. The lowest BCUT2D eigenvalue weighted by Crippen LogP contribution is -2.67. The number of ether oxygens (including phenoxy) is 12. The highest BCUT2D eigenvalue weighted by Crippen LogP contribution is 2.44. The van der Waals surface area contributed by atoms with Crippen molar-refractivity contribution in [3.63, 3.8) is 0 Å². The first-order valence-corrected chi connectivity index (χ1v) is 22.9. The summed E-state index contributed by atoms with van der Waals surface area (Å²) in [6.45, 7) is 5.95. The van der Waals surface area contributed by atoms with Crippen LogP contribution >= 0.6 is 0 Å². The van der Waals surface area contributed by atoms with Gasteiger partial charge < -0.3 is 67.3 Å². The van der Waals surface area contributed by atoms with Crippen LogP contribution in [-0.2, 0) is 96.9 Å². The van der Waals surface area contributed by atoms with Crippen LogP contribution in [0.1, 0.15) is 71.1 Å². The van der Waals surface area contributed by atoms with E-state index in [1.54, 1.807) is 0 Å². The lowest BCUT2D eigenvalue weighted by atomic mass is 9.96. The molecule has 23 heteroatoms. The first kappa shape index (κ1) is 54.7. The molecule has 0 saturated carbocycles. The van der Waals surface area contributed by atoms with Crippen molar-refractivity contribution >= 4 is 53.8 Å². The van der Waals surface area contributed by atoms with Gasteiger partial charge in [-0.2, -0.15) is 0 Å². The third-order valence-corrected chi connectivity index (χ3v) is 11.4.